The van der Waals surface area contributed by atoms with Crippen LogP contribution in [0.1, 0.15) is 42.1 Å². The van der Waals surface area contributed by atoms with Gasteiger partial charge in [0.15, 0.2) is 0 Å². The summed E-state index contributed by atoms with van der Waals surface area (Å²) in [4.78, 5) is 11.8. The average Bonchev–Trinajstić information content (AvgIpc) is 2.49. The third-order valence-corrected chi connectivity index (χ3v) is 3.67. The highest BCUT2D eigenvalue weighted by atomic mass is 16.1. The number of benzene rings is 1. The Labute approximate surface area is 121 Å². The van der Waals surface area contributed by atoms with Gasteiger partial charge >= 0.3 is 0 Å². The minimum atomic E-state index is 0.00627. The molecule has 20 heavy (non-hydrogen) atoms. The van der Waals surface area contributed by atoms with Crippen LogP contribution in [0.2, 0.25) is 0 Å². The van der Waals surface area contributed by atoms with Crippen LogP contribution in [0.3, 0.4) is 0 Å². The molecule has 1 aromatic rings. The van der Waals surface area contributed by atoms with Gasteiger partial charge in [0.05, 0.1) is 0 Å². The predicted octanol–water partition coefficient (Wildman–Crippen LogP) is 2.88. The van der Waals surface area contributed by atoms with Crippen molar-refractivity contribution in [2.24, 2.45) is 5.92 Å². The van der Waals surface area contributed by atoms with Crippen molar-refractivity contribution in [2.75, 3.05) is 13.1 Å². The highest BCUT2D eigenvalue weighted by Gasteiger charge is 2.09. The lowest BCUT2D eigenvalue weighted by Gasteiger charge is -2.18. The monoisotopic (exact) mass is 272 g/mol. The van der Waals surface area contributed by atoms with Gasteiger partial charge in [-0.05, 0) is 56.3 Å². The van der Waals surface area contributed by atoms with E-state index in [1.165, 1.54) is 24.8 Å². The Bertz CT molecular complexity index is 468. The third kappa shape index (κ3) is 4.49. The van der Waals surface area contributed by atoms with Crippen molar-refractivity contribution in [3.05, 3.63) is 47.5 Å². The van der Waals surface area contributed by atoms with Crippen LogP contribution < -0.4 is 10.6 Å². The number of hydrogen-bond donors (Lipinski definition) is 2. The Morgan fingerprint density at radius 1 is 1.35 bits per heavy atom. The van der Waals surface area contributed by atoms with E-state index >= 15 is 0 Å². The Morgan fingerprint density at radius 3 is 3.00 bits per heavy atom. The Kier molecular flexibility index (Phi) is 5.81. The van der Waals surface area contributed by atoms with Crippen LogP contribution >= 0.6 is 0 Å². The number of hydrogen-bond acceptors (Lipinski definition) is 2. The van der Waals surface area contributed by atoms with E-state index in [0.29, 0.717) is 6.54 Å². The van der Waals surface area contributed by atoms with Crippen molar-refractivity contribution in [3.63, 3.8) is 0 Å². The molecule has 1 unspecified atom stereocenters. The molecule has 0 saturated carbocycles. The van der Waals surface area contributed by atoms with Crippen molar-refractivity contribution >= 4 is 5.91 Å². The van der Waals surface area contributed by atoms with Crippen molar-refractivity contribution in [1.82, 2.24) is 10.6 Å². The van der Waals surface area contributed by atoms with E-state index in [1.54, 1.807) is 0 Å². The number of nitrogens with one attached hydrogen (secondary N) is 2. The minimum absolute atomic E-state index is 0.00627. The highest BCUT2D eigenvalue weighted by molar-refractivity contribution is 5.94. The first-order chi connectivity index (χ1) is 9.79. The average molecular weight is 272 g/mol. The third-order valence-electron chi connectivity index (χ3n) is 3.67. The first-order valence-electron chi connectivity index (χ1n) is 7.52. The molecule has 0 bridgehead atoms. The zero-order valence-electron chi connectivity index (χ0n) is 12.2. The number of carbonyl (C=O) groups is 1. The molecule has 1 atom stereocenters. The molecule has 1 amide bonds. The van der Waals surface area contributed by atoms with Crippen LogP contribution in [0.15, 0.2) is 36.4 Å². The molecular weight excluding hydrogens is 248 g/mol. The summed E-state index contributed by atoms with van der Waals surface area (Å²) in [5.41, 5.74) is 1.91. The van der Waals surface area contributed by atoms with E-state index in [-0.39, 0.29) is 5.91 Å². The SMILES string of the molecule is CCNC(=O)c1cccc(CNCC2CC=CCC2)c1. The van der Waals surface area contributed by atoms with Crippen molar-refractivity contribution in [2.45, 2.75) is 32.7 Å². The second-order valence-corrected chi connectivity index (χ2v) is 5.34. The lowest BCUT2D eigenvalue weighted by atomic mass is 9.94. The highest BCUT2D eigenvalue weighted by Crippen LogP contribution is 2.17. The molecule has 108 valence electrons. The van der Waals surface area contributed by atoms with Gasteiger partial charge in [0.25, 0.3) is 5.91 Å². The predicted molar refractivity (Wildman–Crippen MR) is 82.6 cm³/mol. The number of amides is 1. The van der Waals surface area contributed by atoms with Gasteiger partial charge in [-0.3, -0.25) is 4.79 Å². The second kappa shape index (κ2) is 7.85. The fourth-order valence-corrected chi connectivity index (χ4v) is 2.55. The fraction of sp³-hybridized carbons (Fsp3) is 0.471. The molecule has 0 radical (unpaired) electrons. The summed E-state index contributed by atoms with van der Waals surface area (Å²) in [5.74, 6) is 0.762. The molecule has 0 fully saturated rings. The maximum atomic E-state index is 11.8. The molecule has 1 aromatic carbocycles. The summed E-state index contributed by atoms with van der Waals surface area (Å²) in [7, 11) is 0. The summed E-state index contributed by atoms with van der Waals surface area (Å²) in [6.45, 7) is 4.47. The Morgan fingerprint density at radius 2 is 2.25 bits per heavy atom. The summed E-state index contributed by atoms with van der Waals surface area (Å²) in [6.07, 6.45) is 8.23. The maximum Gasteiger partial charge on any atom is 0.251 e. The van der Waals surface area contributed by atoms with Crippen LogP contribution in [0.25, 0.3) is 0 Å². The fourth-order valence-electron chi connectivity index (χ4n) is 2.55. The first-order valence-corrected chi connectivity index (χ1v) is 7.52. The molecule has 0 aromatic heterocycles. The maximum absolute atomic E-state index is 11.8. The molecule has 1 aliphatic carbocycles. The van der Waals surface area contributed by atoms with Gasteiger partial charge in [-0.2, -0.15) is 0 Å². The lowest BCUT2D eigenvalue weighted by molar-refractivity contribution is 0.0955. The normalized spacial score (nSPS) is 17.9. The Balaban J connectivity index is 1.82. The molecule has 3 heteroatoms. The van der Waals surface area contributed by atoms with Gasteiger partial charge in [-0.15, -0.1) is 0 Å². The van der Waals surface area contributed by atoms with E-state index in [1.807, 2.05) is 25.1 Å². The van der Waals surface area contributed by atoms with Gasteiger partial charge in [0.1, 0.15) is 0 Å². The first kappa shape index (κ1) is 14.8. The van der Waals surface area contributed by atoms with Crippen LogP contribution in [0.5, 0.6) is 0 Å². The number of rotatable bonds is 6. The quantitative estimate of drug-likeness (QED) is 0.782. The summed E-state index contributed by atoms with van der Waals surface area (Å²) in [5, 5.41) is 6.33. The standard InChI is InChI=1S/C17H24N2O/c1-2-19-17(20)16-10-6-9-15(11-16)13-18-12-14-7-4-3-5-8-14/h3-4,6,9-11,14,18H,2,5,7-8,12-13H2,1H3,(H,19,20). The molecule has 3 nitrogen and oxygen atoms in total. The molecule has 2 N–H and O–H groups in total. The van der Waals surface area contributed by atoms with Crippen LogP contribution in [0, 0.1) is 5.92 Å². The number of carbonyl (C=O) groups excluding carboxylic acids is 1. The van der Waals surface area contributed by atoms with Gasteiger partial charge < -0.3 is 10.6 Å². The van der Waals surface area contributed by atoms with E-state index in [9.17, 15) is 4.79 Å². The molecule has 0 heterocycles. The molecule has 2 rings (SSSR count). The van der Waals surface area contributed by atoms with E-state index in [0.717, 1.165) is 24.6 Å². The van der Waals surface area contributed by atoms with Gasteiger partial charge in [0, 0.05) is 18.7 Å². The summed E-state index contributed by atoms with van der Waals surface area (Å²) >= 11 is 0. The Hall–Kier alpha value is -1.61. The van der Waals surface area contributed by atoms with Gasteiger partial charge in [-0.25, -0.2) is 0 Å². The van der Waals surface area contributed by atoms with Gasteiger partial charge in [0.2, 0.25) is 0 Å². The minimum Gasteiger partial charge on any atom is -0.352 e. The second-order valence-electron chi connectivity index (χ2n) is 5.34. The largest absolute Gasteiger partial charge is 0.352 e. The van der Waals surface area contributed by atoms with E-state index in [4.69, 9.17) is 0 Å². The zero-order valence-corrected chi connectivity index (χ0v) is 12.2. The van der Waals surface area contributed by atoms with E-state index in [2.05, 4.69) is 28.9 Å². The van der Waals surface area contributed by atoms with Crippen LogP contribution in [0.4, 0.5) is 0 Å². The topological polar surface area (TPSA) is 41.1 Å². The smallest absolute Gasteiger partial charge is 0.251 e. The molecular formula is C17H24N2O. The van der Waals surface area contributed by atoms with Crippen molar-refractivity contribution < 1.29 is 4.79 Å². The lowest BCUT2D eigenvalue weighted by Crippen LogP contribution is -2.24. The zero-order chi connectivity index (χ0) is 14.2. The summed E-state index contributed by atoms with van der Waals surface area (Å²) in [6, 6.07) is 7.85. The molecule has 0 saturated heterocycles. The van der Waals surface area contributed by atoms with Crippen LogP contribution in [-0.4, -0.2) is 19.0 Å². The van der Waals surface area contributed by atoms with Gasteiger partial charge in [-0.1, -0.05) is 24.3 Å². The van der Waals surface area contributed by atoms with Crippen molar-refractivity contribution in [3.8, 4) is 0 Å². The summed E-state index contributed by atoms with van der Waals surface area (Å²) < 4.78 is 0. The van der Waals surface area contributed by atoms with Crippen molar-refractivity contribution in [1.29, 1.82) is 0 Å². The molecule has 0 aliphatic heterocycles. The molecule has 1 aliphatic rings. The number of allylic oxidation sites excluding steroid dienone is 2. The van der Waals surface area contributed by atoms with E-state index < -0.39 is 0 Å². The molecule has 0 spiro atoms. The van der Waals surface area contributed by atoms with Crippen LogP contribution in [-0.2, 0) is 6.54 Å².